The monoisotopic (exact) mass is 301 g/mol. The molecule has 0 aromatic carbocycles. The average molecular weight is 301 g/mol. The first kappa shape index (κ1) is 16.0. The van der Waals surface area contributed by atoms with Gasteiger partial charge in [0.1, 0.15) is 11.5 Å². The molecule has 22 heavy (non-hydrogen) atoms. The molecule has 6 nitrogen and oxygen atoms in total. The lowest BCUT2D eigenvalue weighted by atomic mass is 10.2. The lowest BCUT2D eigenvalue weighted by Crippen LogP contribution is -2.12. The van der Waals surface area contributed by atoms with E-state index in [-0.39, 0.29) is 5.92 Å². The number of hydrogen-bond donors (Lipinski definition) is 2. The normalized spacial score (nSPS) is 10.7. The second-order valence-electron chi connectivity index (χ2n) is 5.33. The number of anilines is 2. The zero-order valence-corrected chi connectivity index (χ0v) is 13.3. The van der Waals surface area contributed by atoms with Crippen LogP contribution in [0.4, 0.5) is 11.5 Å². The van der Waals surface area contributed by atoms with Gasteiger partial charge in [0.15, 0.2) is 5.82 Å². The number of nitrogen functional groups attached to an aromatic ring is 1. The number of hydrogen-bond acceptors (Lipinski definition) is 6. The van der Waals surface area contributed by atoms with Gasteiger partial charge in [-0.2, -0.15) is 4.98 Å². The highest BCUT2D eigenvalue weighted by atomic mass is 16.5. The van der Waals surface area contributed by atoms with E-state index >= 15 is 0 Å². The van der Waals surface area contributed by atoms with Crippen molar-refractivity contribution >= 4 is 11.5 Å². The van der Waals surface area contributed by atoms with Gasteiger partial charge in [-0.05, 0) is 18.6 Å². The lowest BCUT2D eigenvalue weighted by molar-refractivity contribution is 0.305. The summed E-state index contributed by atoms with van der Waals surface area (Å²) >= 11 is 0. The maximum atomic E-state index is 6.12. The third-order valence-electron chi connectivity index (χ3n) is 3.05. The van der Waals surface area contributed by atoms with Gasteiger partial charge in [0.05, 0.1) is 18.8 Å². The average Bonchev–Trinajstić information content (AvgIpc) is 2.53. The van der Waals surface area contributed by atoms with Crippen LogP contribution in [0.15, 0.2) is 24.4 Å². The molecule has 0 atom stereocenters. The van der Waals surface area contributed by atoms with E-state index in [4.69, 9.17) is 10.5 Å². The molecule has 0 aliphatic rings. The molecular formula is C16H23N5O. The van der Waals surface area contributed by atoms with Gasteiger partial charge in [0.2, 0.25) is 5.88 Å². The van der Waals surface area contributed by atoms with Crippen molar-refractivity contribution in [2.45, 2.75) is 39.7 Å². The van der Waals surface area contributed by atoms with Gasteiger partial charge in [-0.25, -0.2) is 4.98 Å². The molecule has 0 bridgehead atoms. The van der Waals surface area contributed by atoms with Gasteiger partial charge in [0.25, 0.3) is 0 Å². The highest BCUT2D eigenvalue weighted by Gasteiger charge is 2.15. The van der Waals surface area contributed by atoms with E-state index in [0.29, 0.717) is 36.4 Å². The zero-order valence-electron chi connectivity index (χ0n) is 13.3. The van der Waals surface area contributed by atoms with Crippen LogP contribution in [0.3, 0.4) is 0 Å². The van der Waals surface area contributed by atoms with Crippen molar-refractivity contribution in [3.8, 4) is 5.88 Å². The largest absolute Gasteiger partial charge is 0.476 e. The molecule has 0 radical (unpaired) electrons. The minimum atomic E-state index is 0.194. The van der Waals surface area contributed by atoms with E-state index in [1.54, 1.807) is 6.20 Å². The fourth-order valence-corrected chi connectivity index (χ4v) is 1.84. The highest BCUT2D eigenvalue weighted by molar-refractivity contribution is 5.67. The first-order valence-corrected chi connectivity index (χ1v) is 7.55. The molecule has 118 valence electrons. The number of pyridine rings is 1. The molecular weight excluding hydrogens is 278 g/mol. The summed E-state index contributed by atoms with van der Waals surface area (Å²) in [5, 5.41) is 3.22. The van der Waals surface area contributed by atoms with Gasteiger partial charge >= 0.3 is 0 Å². The molecule has 6 heteroatoms. The van der Waals surface area contributed by atoms with Crippen molar-refractivity contribution in [2.75, 3.05) is 17.7 Å². The van der Waals surface area contributed by atoms with Gasteiger partial charge in [0, 0.05) is 12.1 Å². The van der Waals surface area contributed by atoms with Gasteiger partial charge in [-0.1, -0.05) is 26.8 Å². The van der Waals surface area contributed by atoms with Crippen LogP contribution >= 0.6 is 0 Å². The highest BCUT2D eigenvalue weighted by Crippen LogP contribution is 2.28. The number of rotatable bonds is 7. The van der Waals surface area contributed by atoms with Gasteiger partial charge in [-0.15, -0.1) is 0 Å². The summed E-state index contributed by atoms with van der Waals surface area (Å²) in [4.78, 5) is 13.2. The van der Waals surface area contributed by atoms with Crippen LogP contribution < -0.4 is 15.8 Å². The van der Waals surface area contributed by atoms with Crippen molar-refractivity contribution in [3.05, 3.63) is 35.9 Å². The summed E-state index contributed by atoms with van der Waals surface area (Å²) in [6, 6.07) is 5.78. The summed E-state index contributed by atoms with van der Waals surface area (Å²) in [6.45, 7) is 7.25. The molecule has 0 saturated carbocycles. The Morgan fingerprint density at radius 1 is 1.27 bits per heavy atom. The first-order chi connectivity index (χ1) is 10.6. The SMILES string of the molecule is CCCOc1nc(C(C)C)nc(NCc2ccccn2)c1N. The molecule has 2 heterocycles. The summed E-state index contributed by atoms with van der Waals surface area (Å²) in [5.74, 6) is 1.95. The van der Waals surface area contributed by atoms with Crippen LogP contribution in [0.2, 0.25) is 0 Å². The summed E-state index contributed by atoms with van der Waals surface area (Å²) < 4.78 is 5.64. The van der Waals surface area contributed by atoms with E-state index in [2.05, 4.69) is 20.3 Å². The summed E-state index contributed by atoms with van der Waals surface area (Å²) in [6.07, 6.45) is 2.66. The standard InChI is InChI=1S/C16H23N5O/c1-4-9-22-16-13(17)15(20-14(21-16)11(2)3)19-10-12-7-5-6-8-18-12/h5-8,11H,4,9-10,17H2,1-3H3,(H,19,20,21). The Bertz CT molecular complexity index is 601. The summed E-state index contributed by atoms with van der Waals surface area (Å²) in [5.41, 5.74) is 7.48. The number of nitrogens with two attached hydrogens (primary N) is 1. The van der Waals surface area contributed by atoms with Crippen molar-refractivity contribution in [2.24, 2.45) is 0 Å². The van der Waals surface area contributed by atoms with Crippen molar-refractivity contribution in [3.63, 3.8) is 0 Å². The molecule has 0 saturated heterocycles. The second-order valence-corrected chi connectivity index (χ2v) is 5.33. The molecule has 0 spiro atoms. The van der Waals surface area contributed by atoms with Crippen LogP contribution in [0.5, 0.6) is 5.88 Å². The quantitative estimate of drug-likeness (QED) is 0.817. The predicted octanol–water partition coefficient (Wildman–Crippen LogP) is 2.98. The van der Waals surface area contributed by atoms with Crippen molar-refractivity contribution in [1.82, 2.24) is 15.0 Å². The fourth-order valence-electron chi connectivity index (χ4n) is 1.84. The molecule has 0 amide bonds. The van der Waals surface area contributed by atoms with E-state index in [1.165, 1.54) is 0 Å². The Labute approximate surface area is 131 Å². The van der Waals surface area contributed by atoms with E-state index in [1.807, 2.05) is 39.0 Å². The Balaban J connectivity index is 2.22. The van der Waals surface area contributed by atoms with Crippen molar-refractivity contribution < 1.29 is 4.74 Å². The Morgan fingerprint density at radius 2 is 2.09 bits per heavy atom. The Hall–Kier alpha value is -2.37. The molecule has 0 aliphatic heterocycles. The maximum Gasteiger partial charge on any atom is 0.242 e. The summed E-state index contributed by atoms with van der Waals surface area (Å²) in [7, 11) is 0. The molecule has 2 rings (SSSR count). The lowest BCUT2D eigenvalue weighted by Gasteiger charge is -2.15. The van der Waals surface area contributed by atoms with E-state index in [9.17, 15) is 0 Å². The molecule has 2 aromatic rings. The number of aromatic nitrogens is 3. The topological polar surface area (TPSA) is 86.0 Å². The van der Waals surface area contributed by atoms with Crippen LogP contribution in [0, 0.1) is 0 Å². The smallest absolute Gasteiger partial charge is 0.242 e. The third kappa shape index (κ3) is 4.07. The fraction of sp³-hybridized carbons (Fsp3) is 0.438. The number of ether oxygens (including phenoxy) is 1. The molecule has 2 aromatic heterocycles. The first-order valence-electron chi connectivity index (χ1n) is 7.55. The third-order valence-corrected chi connectivity index (χ3v) is 3.05. The maximum absolute atomic E-state index is 6.12. The van der Waals surface area contributed by atoms with Crippen LogP contribution in [0.25, 0.3) is 0 Å². The van der Waals surface area contributed by atoms with Crippen LogP contribution in [-0.4, -0.2) is 21.6 Å². The zero-order chi connectivity index (χ0) is 15.9. The Morgan fingerprint density at radius 3 is 2.73 bits per heavy atom. The molecule has 3 N–H and O–H groups in total. The van der Waals surface area contributed by atoms with Crippen LogP contribution in [0.1, 0.15) is 44.6 Å². The second kappa shape index (κ2) is 7.59. The van der Waals surface area contributed by atoms with E-state index in [0.717, 1.165) is 12.1 Å². The number of nitrogens with zero attached hydrogens (tertiary/aromatic N) is 3. The predicted molar refractivity (Wildman–Crippen MR) is 87.9 cm³/mol. The van der Waals surface area contributed by atoms with E-state index < -0.39 is 0 Å². The molecule has 0 aliphatic carbocycles. The van der Waals surface area contributed by atoms with Gasteiger partial charge < -0.3 is 15.8 Å². The molecule has 0 fully saturated rings. The molecule has 0 unspecified atom stereocenters. The minimum Gasteiger partial charge on any atom is -0.476 e. The Kier molecular flexibility index (Phi) is 5.52. The van der Waals surface area contributed by atoms with Crippen molar-refractivity contribution in [1.29, 1.82) is 0 Å². The van der Waals surface area contributed by atoms with Gasteiger partial charge in [-0.3, -0.25) is 4.98 Å². The number of nitrogens with one attached hydrogen (secondary N) is 1. The van der Waals surface area contributed by atoms with Crippen LogP contribution in [-0.2, 0) is 6.54 Å². The minimum absolute atomic E-state index is 0.194.